The number of aromatic nitrogens is 1. The molecule has 4 aromatic rings. The van der Waals surface area contributed by atoms with Gasteiger partial charge in [0.15, 0.2) is 12.8 Å². The quantitative estimate of drug-likeness (QED) is 0.434. The molecule has 0 saturated heterocycles. The Morgan fingerprint density at radius 3 is 2.74 bits per heavy atom. The Morgan fingerprint density at radius 1 is 1.11 bits per heavy atom. The Balaban J connectivity index is 1.58. The molecule has 0 spiro atoms. The van der Waals surface area contributed by atoms with E-state index in [0.717, 1.165) is 16.4 Å². The highest BCUT2D eigenvalue weighted by Gasteiger charge is 2.15. The van der Waals surface area contributed by atoms with Crippen LogP contribution >= 0.6 is 0 Å². The number of methoxy groups -OCH3 is 1. The van der Waals surface area contributed by atoms with Gasteiger partial charge in [0.2, 0.25) is 0 Å². The predicted octanol–water partition coefficient (Wildman–Crippen LogP) is 3.25. The predicted molar refractivity (Wildman–Crippen MR) is 99.8 cm³/mol. The van der Waals surface area contributed by atoms with Gasteiger partial charge in [-0.05, 0) is 18.2 Å². The minimum atomic E-state index is -0.424. The topological polar surface area (TPSA) is 87.6 Å². The fourth-order valence-corrected chi connectivity index (χ4v) is 2.87. The van der Waals surface area contributed by atoms with Crippen molar-refractivity contribution in [2.24, 2.45) is 0 Å². The fourth-order valence-electron chi connectivity index (χ4n) is 2.87. The zero-order valence-electron chi connectivity index (χ0n) is 14.5. The minimum absolute atomic E-state index is 0.0485. The molecule has 0 fully saturated rings. The van der Waals surface area contributed by atoms with Crippen LogP contribution in [0.2, 0.25) is 0 Å². The Hall–Kier alpha value is -3.74. The molecule has 0 aliphatic carbocycles. The zero-order valence-corrected chi connectivity index (χ0v) is 14.5. The highest BCUT2D eigenvalue weighted by atomic mass is 16.6. The molecule has 2 heterocycles. The van der Waals surface area contributed by atoms with E-state index in [1.54, 1.807) is 18.2 Å². The summed E-state index contributed by atoms with van der Waals surface area (Å²) in [5.41, 5.74) is 1.85. The van der Waals surface area contributed by atoms with Crippen molar-refractivity contribution in [3.8, 4) is 11.6 Å². The van der Waals surface area contributed by atoms with Gasteiger partial charge in [0.05, 0.1) is 18.9 Å². The van der Waals surface area contributed by atoms with Gasteiger partial charge in [0, 0.05) is 22.9 Å². The molecule has 27 heavy (non-hydrogen) atoms. The van der Waals surface area contributed by atoms with E-state index in [-0.39, 0.29) is 12.5 Å². The van der Waals surface area contributed by atoms with Gasteiger partial charge in [-0.15, -0.1) is 4.73 Å². The number of ether oxygens (including phenoxy) is 2. The third-order valence-electron chi connectivity index (χ3n) is 4.11. The number of nitrogens with one attached hydrogen (secondary N) is 1. The van der Waals surface area contributed by atoms with Crippen LogP contribution in [0.1, 0.15) is 0 Å². The average molecular weight is 364 g/mol. The van der Waals surface area contributed by atoms with Crippen molar-refractivity contribution in [3.05, 3.63) is 66.0 Å². The summed E-state index contributed by atoms with van der Waals surface area (Å²) < 4.78 is 17.0. The van der Waals surface area contributed by atoms with E-state index in [4.69, 9.17) is 13.9 Å². The van der Waals surface area contributed by atoms with E-state index >= 15 is 0 Å². The lowest BCUT2D eigenvalue weighted by atomic mass is 10.1. The summed E-state index contributed by atoms with van der Waals surface area (Å²) in [5.74, 6) is 0.126. The van der Waals surface area contributed by atoms with E-state index in [1.807, 2.05) is 30.3 Å². The molecule has 0 unspecified atom stereocenters. The van der Waals surface area contributed by atoms with E-state index in [1.165, 1.54) is 19.4 Å². The monoisotopic (exact) mass is 364 g/mol. The van der Waals surface area contributed by atoms with Crippen LogP contribution in [0.3, 0.4) is 0 Å². The molecule has 0 aliphatic rings. The molecule has 0 aliphatic heterocycles. The molecule has 1 N–H and O–H groups in total. The van der Waals surface area contributed by atoms with Gasteiger partial charge in [-0.1, -0.05) is 18.2 Å². The first kappa shape index (κ1) is 16.7. The van der Waals surface area contributed by atoms with E-state index < -0.39 is 5.91 Å². The summed E-state index contributed by atoms with van der Waals surface area (Å²) in [5, 5.41) is 16.1. The van der Waals surface area contributed by atoms with Crippen molar-refractivity contribution >= 4 is 33.5 Å². The first-order valence-corrected chi connectivity index (χ1v) is 8.26. The van der Waals surface area contributed by atoms with Crippen LogP contribution in [0.4, 0.5) is 5.69 Å². The van der Waals surface area contributed by atoms with E-state index in [2.05, 4.69) is 5.32 Å². The number of nitrogens with zero attached hydrogens (tertiary/aromatic N) is 1. The number of hydrogen-bond acceptors (Lipinski definition) is 5. The summed E-state index contributed by atoms with van der Waals surface area (Å²) in [6, 6.07) is 15.9. The van der Waals surface area contributed by atoms with Crippen LogP contribution in [0.25, 0.3) is 21.9 Å². The highest BCUT2D eigenvalue weighted by Crippen LogP contribution is 2.36. The fraction of sp³-hybridized carbons (Fsp3) is 0.100. The number of carbonyl (C=O) groups is 1. The normalized spacial score (nSPS) is 10.9. The maximum atomic E-state index is 12.2. The number of hydrogen-bond donors (Lipinski definition) is 1. The molecule has 1 amide bonds. The third kappa shape index (κ3) is 3.22. The number of para-hydroxylation sites is 1. The number of furan rings is 1. The number of pyridine rings is 1. The lowest BCUT2D eigenvalue weighted by Gasteiger charge is -2.11. The molecule has 7 nitrogen and oxygen atoms in total. The van der Waals surface area contributed by atoms with Crippen LogP contribution in [0, 0.1) is 5.21 Å². The highest BCUT2D eigenvalue weighted by molar-refractivity contribution is 6.07. The smallest absolute Gasteiger partial charge is 0.379 e. The second-order valence-electron chi connectivity index (χ2n) is 5.85. The van der Waals surface area contributed by atoms with Gasteiger partial charge in [0.1, 0.15) is 16.9 Å². The van der Waals surface area contributed by atoms with Gasteiger partial charge in [-0.25, -0.2) is 0 Å². The molecule has 7 heteroatoms. The Morgan fingerprint density at radius 2 is 1.93 bits per heavy atom. The van der Waals surface area contributed by atoms with Crippen molar-refractivity contribution in [3.63, 3.8) is 0 Å². The Bertz CT molecular complexity index is 1140. The van der Waals surface area contributed by atoms with Crippen LogP contribution < -0.4 is 19.5 Å². The summed E-state index contributed by atoms with van der Waals surface area (Å²) in [6.07, 6.45) is 1.30. The molecule has 0 radical (unpaired) electrons. The number of anilines is 1. The SMILES string of the molecule is COc1cc2c(cc1NC(=O)COc1cccc[n+]1[O-])oc1ccccc12. The number of fused-ring (bicyclic) bond motifs is 3. The summed E-state index contributed by atoms with van der Waals surface area (Å²) >= 11 is 0. The van der Waals surface area contributed by atoms with E-state index in [9.17, 15) is 10.0 Å². The summed E-state index contributed by atoms with van der Waals surface area (Å²) in [7, 11) is 1.53. The van der Waals surface area contributed by atoms with Crippen LogP contribution in [-0.4, -0.2) is 19.6 Å². The molecular weight excluding hydrogens is 348 g/mol. The summed E-state index contributed by atoms with van der Waals surface area (Å²) in [4.78, 5) is 12.2. The minimum Gasteiger partial charge on any atom is -0.616 e. The van der Waals surface area contributed by atoms with Crippen LogP contribution in [0.15, 0.2) is 65.2 Å². The van der Waals surface area contributed by atoms with Gasteiger partial charge in [-0.3, -0.25) is 4.79 Å². The van der Waals surface area contributed by atoms with Gasteiger partial charge in [-0.2, -0.15) is 0 Å². The van der Waals surface area contributed by atoms with Crippen molar-refractivity contribution in [1.82, 2.24) is 0 Å². The van der Waals surface area contributed by atoms with E-state index in [0.29, 0.717) is 21.8 Å². The second kappa shape index (κ2) is 6.87. The van der Waals surface area contributed by atoms with Crippen molar-refractivity contribution in [2.45, 2.75) is 0 Å². The lowest BCUT2D eigenvalue weighted by Crippen LogP contribution is -2.30. The molecule has 136 valence electrons. The maximum Gasteiger partial charge on any atom is 0.379 e. The van der Waals surface area contributed by atoms with Gasteiger partial charge < -0.3 is 24.4 Å². The van der Waals surface area contributed by atoms with Crippen LogP contribution in [-0.2, 0) is 4.79 Å². The standard InChI is InChI=1S/C20H16N2O5/c1-25-18-10-14-13-6-2-3-7-16(13)27-17(14)11-15(18)21-19(23)12-26-20-8-4-5-9-22(20)24/h2-11H,12H2,1H3,(H,21,23). The Labute approximate surface area is 154 Å². The van der Waals surface area contributed by atoms with Crippen molar-refractivity contribution in [1.29, 1.82) is 0 Å². The first-order chi connectivity index (χ1) is 13.2. The molecule has 0 bridgehead atoms. The second-order valence-corrected chi connectivity index (χ2v) is 5.85. The molecular formula is C20H16N2O5. The number of rotatable bonds is 5. The number of benzene rings is 2. The average Bonchev–Trinajstić information content (AvgIpc) is 3.04. The molecule has 4 rings (SSSR count). The Kier molecular flexibility index (Phi) is 4.25. The molecule has 2 aromatic carbocycles. The maximum absolute atomic E-state index is 12.2. The van der Waals surface area contributed by atoms with Gasteiger partial charge >= 0.3 is 5.88 Å². The van der Waals surface area contributed by atoms with Crippen molar-refractivity contribution < 1.29 is 23.4 Å². The number of carbonyl (C=O) groups excluding carboxylic acids is 1. The molecule has 0 saturated carbocycles. The lowest BCUT2D eigenvalue weighted by molar-refractivity contribution is -0.612. The zero-order chi connectivity index (χ0) is 18.8. The molecule has 2 aromatic heterocycles. The van der Waals surface area contributed by atoms with Gasteiger partial charge in [0.25, 0.3) is 5.91 Å². The van der Waals surface area contributed by atoms with Crippen molar-refractivity contribution in [2.75, 3.05) is 19.0 Å². The summed E-state index contributed by atoms with van der Waals surface area (Å²) in [6.45, 7) is -0.312. The van der Waals surface area contributed by atoms with Crippen LogP contribution in [0.5, 0.6) is 11.6 Å². The molecule has 0 atom stereocenters. The largest absolute Gasteiger partial charge is 0.616 e. The first-order valence-electron chi connectivity index (χ1n) is 8.26. The number of amides is 1. The third-order valence-corrected chi connectivity index (χ3v) is 4.11.